The number of benzene rings is 2. The second-order valence-corrected chi connectivity index (χ2v) is 4.81. The van der Waals surface area contributed by atoms with E-state index in [0.29, 0.717) is 41.4 Å². The fraction of sp³-hybridized carbons (Fsp3) is 0.250. The number of fused-ring (bicyclic) bond motifs is 1. The van der Waals surface area contributed by atoms with Gasteiger partial charge in [0.05, 0.1) is 0 Å². The number of hydrogen-bond acceptors (Lipinski definition) is 3. The van der Waals surface area contributed by atoms with Crippen LogP contribution in [0.15, 0.2) is 36.4 Å². The van der Waals surface area contributed by atoms with Crippen molar-refractivity contribution >= 4 is 0 Å². The minimum atomic E-state index is -0.888. The maximum absolute atomic E-state index is 13.6. The zero-order valence-electron chi connectivity index (χ0n) is 11.1. The molecule has 0 aromatic heterocycles. The second kappa shape index (κ2) is 5.13. The van der Waals surface area contributed by atoms with E-state index < -0.39 is 6.10 Å². The molecule has 1 atom stereocenters. The minimum absolute atomic E-state index is 0.320. The van der Waals surface area contributed by atoms with Crippen LogP contribution in [-0.2, 0) is 0 Å². The lowest BCUT2D eigenvalue weighted by molar-refractivity contribution is 0.169. The topological polar surface area (TPSA) is 38.7 Å². The summed E-state index contributed by atoms with van der Waals surface area (Å²) in [5.74, 6) is 0.960. The fourth-order valence-corrected chi connectivity index (χ4v) is 2.20. The third-order valence-corrected chi connectivity index (χ3v) is 3.39. The van der Waals surface area contributed by atoms with Gasteiger partial charge in [0.1, 0.15) is 25.1 Å². The number of hydrogen-bond donors (Lipinski definition) is 1. The lowest BCUT2D eigenvalue weighted by atomic mass is 10.00. The summed E-state index contributed by atoms with van der Waals surface area (Å²) in [7, 11) is 0. The molecule has 0 saturated heterocycles. The fourth-order valence-electron chi connectivity index (χ4n) is 2.20. The third-order valence-electron chi connectivity index (χ3n) is 3.39. The summed E-state index contributed by atoms with van der Waals surface area (Å²) >= 11 is 0. The number of halogens is 1. The van der Waals surface area contributed by atoms with Crippen molar-refractivity contribution in [3.05, 3.63) is 58.9 Å². The third kappa shape index (κ3) is 2.34. The second-order valence-electron chi connectivity index (χ2n) is 4.81. The Balaban J connectivity index is 1.93. The molecule has 104 valence electrons. The van der Waals surface area contributed by atoms with E-state index in [4.69, 9.17) is 9.47 Å². The zero-order valence-corrected chi connectivity index (χ0v) is 11.1. The highest BCUT2D eigenvalue weighted by atomic mass is 19.1. The molecule has 1 aliphatic heterocycles. The zero-order chi connectivity index (χ0) is 14.1. The van der Waals surface area contributed by atoms with Gasteiger partial charge < -0.3 is 14.6 Å². The Labute approximate surface area is 116 Å². The SMILES string of the molecule is Cc1ccc(C(O)c2ccc3c(c2)OCCO3)cc1F. The van der Waals surface area contributed by atoms with E-state index in [1.54, 1.807) is 37.3 Å². The lowest BCUT2D eigenvalue weighted by Gasteiger charge is -2.20. The monoisotopic (exact) mass is 274 g/mol. The van der Waals surface area contributed by atoms with Crippen LogP contribution in [0, 0.1) is 12.7 Å². The number of rotatable bonds is 2. The quantitative estimate of drug-likeness (QED) is 0.915. The molecule has 0 bridgehead atoms. The molecular formula is C16H15FO3. The molecule has 0 spiro atoms. The standard InChI is InChI=1S/C16H15FO3/c1-10-2-3-11(8-13(10)17)16(18)12-4-5-14-15(9-12)20-7-6-19-14/h2-5,8-9,16,18H,6-7H2,1H3. The molecule has 0 fully saturated rings. The van der Waals surface area contributed by atoms with Crippen LogP contribution < -0.4 is 9.47 Å². The summed E-state index contributed by atoms with van der Waals surface area (Å²) in [6.45, 7) is 2.71. The summed E-state index contributed by atoms with van der Waals surface area (Å²) in [6, 6.07) is 9.99. The summed E-state index contributed by atoms with van der Waals surface area (Å²) < 4.78 is 24.5. The summed E-state index contributed by atoms with van der Waals surface area (Å²) in [5, 5.41) is 10.3. The molecule has 1 aliphatic rings. The first-order valence-electron chi connectivity index (χ1n) is 6.49. The van der Waals surface area contributed by atoms with Gasteiger partial charge in [-0.1, -0.05) is 18.2 Å². The highest BCUT2D eigenvalue weighted by Gasteiger charge is 2.17. The van der Waals surface area contributed by atoms with Gasteiger partial charge in [-0.05, 0) is 41.8 Å². The molecule has 0 amide bonds. The van der Waals surface area contributed by atoms with Crippen molar-refractivity contribution in [1.29, 1.82) is 0 Å². The van der Waals surface area contributed by atoms with Gasteiger partial charge in [0.25, 0.3) is 0 Å². The number of aliphatic hydroxyl groups excluding tert-OH is 1. The number of ether oxygens (including phenoxy) is 2. The van der Waals surface area contributed by atoms with Crippen LogP contribution in [0.1, 0.15) is 22.8 Å². The van der Waals surface area contributed by atoms with Crippen molar-refractivity contribution in [1.82, 2.24) is 0 Å². The van der Waals surface area contributed by atoms with Gasteiger partial charge >= 0.3 is 0 Å². The molecule has 1 unspecified atom stereocenters. The van der Waals surface area contributed by atoms with Gasteiger partial charge in [-0.2, -0.15) is 0 Å². The first-order valence-corrected chi connectivity index (χ1v) is 6.49. The van der Waals surface area contributed by atoms with Crippen molar-refractivity contribution in [2.45, 2.75) is 13.0 Å². The van der Waals surface area contributed by atoms with Crippen LogP contribution in [0.4, 0.5) is 4.39 Å². The van der Waals surface area contributed by atoms with Crippen LogP contribution in [0.2, 0.25) is 0 Å². The molecule has 20 heavy (non-hydrogen) atoms. The first-order chi connectivity index (χ1) is 9.65. The molecule has 1 N–H and O–H groups in total. The molecule has 2 aromatic rings. The predicted octanol–water partition coefficient (Wildman–Crippen LogP) is 2.99. The van der Waals surface area contributed by atoms with E-state index >= 15 is 0 Å². The first kappa shape index (κ1) is 12.9. The Kier molecular flexibility index (Phi) is 3.32. The molecule has 0 radical (unpaired) electrons. The van der Waals surface area contributed by atoms with Crippen LogP contribution in [0.3, 0.4) is 0 Å². The van der Waals surface area contributed by atoms with Crippen molar-refractivity contribution in [2.75, 3.05) is 13.2 Å². The number of aryl methyl sites for hydroxylation is 1. The highest BCUT2D eigenvalue weighted by Crippen LogP contribution is 2.34. The van der Waals surface area contributed by atoms with E-state index in [9.17, 15) is 9.50 Å². The van der Waals surface area contributed by atoms with Gasteiger partial charge in [0.2, 0.25) is 0 Å². The average Bonchev–Trinajstić information content (AvgIpc) is 2.49. The Hall–Kier alpha value is -2.07. The van der Waals surface area contributed by atoms with E-state index in [1.165, 1.54) is 6.07 Å². The Morgan fingerprint density at radius 1 is 1.00 bits per heavy atom. The smallest absolute Gasteiger partial charge is 0.161 e. The van der Waals surface area contributed by atoms with Crippen molar-refractivity contribution in [2.24, 2.45) is 0 Å². The van der Waals surface area contributed by atoms with Gasteiger partial charge in [0, 0.05) is 0 Å². The maximum Gasteiger partial charge on any atom is 0.161 e. The molecule has 3 rings (SSSR count). The Morgan fingerprint density at radius 3 is 2.40 bits per heavy atom. The van der Waals surface area contributed by atoms with Gasteiger partial charge in [-0.25, -0.2) is 4.39 Å². The molecule has 0 aliphatic carbocycles. The van der Waals surface area contributed by atoms with Gasteiger partial charge in [0.15, 0.2) is 11.5 Å². The Morgan fingerprint density at radius 2 is 1.65 bits per heavy atom. The van der Waals surface area contributed by atoms with Crippen LogP contribution in [0.5, 0.6) is 11.5 Å². The molecule has 4 heteroatoms. The molecule has 3 nitrogen and oxygen atoms in total. The number of aliphatic hydroxyl groups is 1. The highest BCUT2D eigenvalue weighted by molar-refractivity contribution is 5.46. The normalized spacial score (nSPS) is 14.9. The van der Waals surface area contributed by atoms with Crippen molar-refractivity contribution < 1.29 is 19.0 Å². The summed E-state index contributed by atoms with van der Waals surface area (Å²) in [5.41, 5.74) is 1.73. The molecule has 0 saturated carbocycles. The van der Waals surface area contributed by atoms with E-state index in [1.807, 2.05) is 0 Å². The lowest BCUT2D eigenvalue weighted by Crippen LogP contribution is -2.15. The van der Waals surface area contributed by atoms with Crippen molar-refractivity contribution in [3.63, 3.8) is 0 Å². The minimum Gasteiger partial charge on any atom is -0.486 e. The van der Waals surface area contributed by atoms with Gasteiger partial charge in [-0.3, -0.25) is 0 Å². The van der Waals surface area contributed by atoms with Crippen LogP contribution >= 0.6 is 0 Å². The Bertz CT molecular complexity index is 640. The van der Waals surface area contributed by atoms with E-state index in [2.05, 4.69) is 0 Å². The predicted molar refractivity (Wildman–Crippen MR) is 72.6 cm³/mol. The van der Waals surface area contributed by atoms with E-state index in [-0.39, 0.29) is 5.82 Å². The summed E-state index contributed by atoms with van der Waals surface area (Å²) in [4.78, 5) is 0. The van der Waals surface area contributed by atoms with E-state index in [0.717, 1.165) is 0 Å². The maximum atomic E-state index is 13.6. The molecule has 2 aromatic carbocycles. The van der Waals surface area contributed by atoms with Gasteiger partial charge in [-0.15, -0.1) is 0 Å². The molecule has 1 heterocycles. The average molecular weight is 274 g/mol. The summed E-state index contributed by atoms with van der Waals surface area (Å²) in [6.07, 6.45) is -0.888. The molecular weight excluding hydrogens is 259 g/mol. The largest absolute Gasteiger partial charge is 0.486 e. The van der Waals surface area contributed by atoms with Crippen LogP contribution in [-0.4, -0.2) is 18.3 Å². The van der Waals surface area contributed by atoms with Crippen LogP contribution in [0.25, 0.3) is 0 Å². The van der Waals surface area contributed by atoms with Crippen molar-refractivity contribution in [3.8, 4) is 11.5 Å².